The zero-order valence-electron chi connectivity index (χ0n) is 14.1. The van der Waals surface area contributed by atoms with Crippen LogP contribution in [0.2, 0.25) is 0 Å². The summed E-state index contributed by atoms with van der Waals surface area (Å²) >= 11 is 0. The van der Waals surface area contributed by atoms with Crippen LogP contribution in [0.5, 0.6) is 5.75 Å². The van der Waals surface area contributed by atoms with E-state index in [-0.39, 0.29) is 5.76 Å². The molecule has 1 saturated heterocycles. The van der Waals surface area contributed by atoms with Gasteiger partial charge >= 0.3 is 5.97 Å². The summed E-state index contributed by atoms with van der Waals surface area (Å²) in [7, 11) is 3.06. The first-order valence-electron chi connectivity index (χ1n) is 8.10. The number of para-hydroxylation sites is 2. The molecule has 0 spiro atoms. The van der Waals surface area contributed by atoms with Gasteiger partial charge in [-0.3, -0.25) is 0 Å². The molecule has 0 radical (unpaired) electrons. The largest absolute Gasteiger partial charge is 0.495 e. The first kappa shape index (κ1) is 16.4. The highest BCUT2D eigenvalue weighted by Crippen LogP contribution is 2.27. The Balaban J connectivity index is 1.57. The molecule has 6 nitrogen and oxygen atoms in total. The van der Waals surface area contributed by atoms with Gasteiger partial charge in [0.2, 0.25) is 5.76 Å². The van der Waals surface area contributed by atoms with Gasteiger partial charge in [0.15, 0.2) is 5.76 Å². The molecule has 24 heavy (non-hydrogen) atoms. The fraction of sp³-hybridized carbons (Fsp3) is 0.389. The average molecular weight is 331 g/mol. The first-order chi connectivity index (χ1) is 11.7. The molecule has 1 fully saturated rings. The van der Waals surface area contributed by atoms with E-state index in [0.717, 1.165) is 49.9 Å². The highest BCUT2D eigenvalue weighted by Gasteiger charge is 2.23. The van der Waals surface area contributed by atoms with Crippen molar-refractivity contribution in [1.29, 1.82) is 0 Å². The van der Waals surface area contributed by atoms with E-state index in [1.54, 1.807) is 13.2 Å². The second-order valence-corrected chi connectivity index (χ2v) is 5.84. The third kappa shape index (κ3) is 3.54. The molecular weight excluding hydrogens is 308 g/mol. The summed E-state index contributed by atoms with van der Waals surface area (Å²) in [5.41, 5.74) is 1.14. The van der Waals surface area contributed by atoms with E-state index in [4.69, 9.17) is 9.15 Å². The fourth-order valence-corrected chi connectivity index (χ4v) is 3.06. The van der Waals surface area contributed by atoms with E-state index in [2.05, 4.69) is 15.7 Å². The van der Waals surface area contributed by atoms with Crippen LogP contribution in [0.15, 0.2) is 40.8 Å². The minimum atomic E-state index is -0.433. The van der Waals surface area contributed by atoms with Crippen LogP contribution >= 0.6 is 0 Å². The molecule has 0 atom stereocenters. The van der Waals surface area contributed by atoms with Gasteiger partial charge in [0.1, 0.15) is 12.3 Å². The summed E-state index contributed by atoms with van der Waals surface area (Å²) in [4.78, 5) is 15.2. The van der Waals surface area contributed by atoms with E-state index in [1.807, 2.05) is 24.3 Å². The Morgan fingerprint density at radius 2 is 1.92 bits per heavy atom. The number of hydrogen-bond acceptors (Lipinski definition) is 5. The molecular formula is C18H23N2O4+. The zero-order valence-corrected chi connectivity index (χ0v) is 14.1. The minimum Gasteiger partial charge on any atom is -0.495 e. The van der Waals surface area contributed by atoms with E-state index >= 15 is 0 Å². The Kier molecular flexibility index (Phi) is 5.05. The van der Waals surface area contributed by atoms with Crippen LogP contribution in [-0.4, -0.2) is 46.4 Å². The molecule has 1 aliphatic rings. The summed E-state index contributed by atoms with van der Waals surface area (Å²) in [6.45, 7) is 4.70. The number of rotatable bonds is 5. The van der Waals surface area contributed by atoms with Crippen LogP contribution in [-0.2, 0) is 11.3 Å². The Morgan fingerprint density at radius 3 is 2.62 bits per heavy atom. The Morgan fingerprint density at radius 1 is 1.17 bits per heavy atom. The smallest absolute Gasteiger partial charge is 0.373 e. The summed E-state index contributed by atoms with van der Waals surface area (Å²) in [5, 5.41) is 0. The van der Waals surface area contributed by atoms with Gasteiger partial charge in [-0.1, -0.05) is 12.1 Å². The maximum Gasteiger partial charge on any atom is 0.373 e. The van der Waals surface area contributed by atoms with Gasteiger partial charge in [-0.05, 0) is 24.3 Å². The van der Waals surface area contributed by atoms with Crippen LogP contribution in [0.3, 0.4) is 0 Å². The molecule has 0 saturated carbocycles. The number of nitrogens with one attached hydrogen (secondary N) is 1. The SMILES string of the molecule is COC(=O)c1ccc(C[NH+]2CCN(c3ccccc3OC)CC2)o1. The molecule has 6 heteroatoms. The molecule has 1 aliphatic heterocycles. The van der Waals surface area contributed by atoms with Crippen LogP contribution in [0.1, 0.15) is 16.3 Å². The topological polar surface area (TPSA) is 56.4 Å². The standard InChI is InChI=1S/C18H22N2O4/c1-22-16-6-4-3-5-15(16)20-11-9-19(10-12-20)13-14-7-8-17(24-14)18(21)23-2/h3-8H,9-13H2,1-2H3/p+1. The van der Waals surface area contributed by atoms with Gasteiger partial charge in [0, 0.05) is 0 Å². The second-order valence-electron chi connectivity index (χ2n) is 5.84. The Hall–Kier alpha value is -2.47. The van der Waals surface area contributed by atoms with Crippen molar-refractivity contribution < 1.29 is 23.6 Å². The van der Waals surface area contributed by atoms with Crippen LogP contribution in [0.4, 0.5) is 5.69 Å². The number of carbonyl (C=O) groups is 1. The number of quaternary nitrogens is 1. The number of nitrogens with zero attached hydrogens (tertiary/aromatic N) is 1. The lowest BCUT2D eigenvalue weighted by Gasteiger charge is -2.33. The highest BCUT2D eigenvalue weighted by atomic mass is 16.5. The van der Waals surface area contributed by atoms with Crippen molar-refractivity contribution in [2.75, 3.05) is 45.3 Å². The minimum absolute atomic E-state index is 0.263. The van der Waals surface area contributed by atoms with Crippen molar-refractivity contribution in [3.63, 3.8) is 0 Å². The van der Waals surface area contributed by atoms with Crippen molar-refractivity contribution in [2.45, 2.75) is 6.54 Å². The lowest BCUT2D eigenvalue weighted by atomic mass is 10.2. The fourth-order valence-electron chi connectivity index (χ4n) is 3.06. The van der Waals surface area contributed by atoms with E-state index < -0.39 is 5.97 Å². The number of furan rings is 1. The number of piperazine rings is 1. The average Bonchev–Trinajstić information content (AvgIpc) is 3.10. The molecule has 1 aromatic carbocycles. The third-order valence-electron chi connectivity index (χ3n) is 4.37. The van der Waals surface area contributed by atoms with Gasteiger partial charge in [-0.25, -0.2) is 4.79 Å². The van der Waals surface area contributed by atoms with Gasteiger partial charge in [0.05, 0.1) is 46.1 Å². The molecule has 0 bridgehead atoms. The van der Waals surface area contributed by atoms with Gasteiger partial charge in [-0.2, -0.15) is 0 Å². The normalized spacial score (nSPS) is 15.3. The first-order valence-corrected chi connectivity index (χ1v) is 8.10. The lowest BCUT2D eigenvalue weighted by Crippen LogP contribution is -3.13. The third-order valence-corrected chi connectivity index (χ3v) is 4.37. The number of hydrogen-bond donors (Lipinski definition) is 1. The molecule has 1 aromatic heterocycles. The lowest BCUT2D eigenvalue weighted by molar-refractivity contribution is -0.915. The van der Waals surface area contributed by atoms with Gasteiger partial charge < -0.3 is 23.7 Å². The van der Waals surface area contributed by atoms with E-state index in [0.29, 0.717) is 0 Å². The Labute approximate surface area is 141 Å². The van der Waals surface area contributed by atoms with Crippen molar-refractivity contribution in [2.24, 2.45) is 0 Å². The molecule has 1 N–H and O–H groups in total. The number of methoxy groups -OCH3 is 2. The number of anilines is 1. The van der Waals surface area contributed by atoms with Crippen LogP contribution < -0.4 is 14.5 Å². The summed E-state index contributed by atoms with van der Waals surface area (Å²) < 4.78 is 15.7. The van der Waals surface area contributed by atoms with Crippen LogP contribution in [0.25, 0.3) is 0 Å². The molecule has 2 heterocycles. The van der Waals surface area contributed by atoms with E-state index in [9.17, 15) is 4.79 Å². The number of carbonyl (C=O) groups excluding carboxylic acids is 1. The summed E-state index contributed by atoms with van der Waals surface area (Å²) in [6.07, 6.45) is 0. The predicted molar refractivity (Wildman–Crippen MR) is 89.7 cm³/mol. The monoisotopic (exact) mass is 331 g/mol. The maximum absolute atomic E-state index is 11.4. The Bertz CT molecular complexity index is 690. The molecule has 0 unspecified atom stereocenters. The van der Waals surface area contributed by atoms with Crippen molar-refractivity contribution in [3.8, 4) is 5.75 Å². The van der Waals surface area contributed by atoms with E-state index in [1.165, 1.54) is 12.0 Å². The summed E-state index contributed by atoms with van der Waals surface area (Å²) in [6, 6.07) is 11.6. The quantitative estimate of drug-likeness (QED) is 0.828. The van der Waals surface area contributed by atoms with Crippen LogP contribution in [0, 0.1) is 0 Å². The number of ether oxygens (including phenoxy) is 2. The van der Waals surface area contributed by atoms with Crippen molar-refractivity contribution >= 4 is 11.7 Å². The zero-order chi connectivity index (χ0) is 16.9. The highest BCUT2D eigenvalue weighted by molar-refractivity contribution is 5.86. The number of benzene rings is 1. The second kappa shape index (κ2) is 7.40. The molecule has 0 aliphatic carbocycles. The van der Waals surface area contributed by atoms with Gasteiger partial charge in [0.25, 0.3) is 0 Å². The van der Waals surface area contributed by atoms with Crippen molar-refractivity contribution in [3.05, 3.63) is 47.9 Å². The molecule has 128 valence electrons. The molecule has 0 amide bonds. The molecule has 3 rings (SSSR count). The number of esters is 1. The predicted octanol–water partition coefficient (Wildman–Crippen LogP) is 0.980. The molecule has 2 aromatic rings. The van der Waals surface area contributed by atoms with Crippen molar-refractivity contribution in [1.82, 2.24) is 0 Å². The maximum atomic E-state index is 11.4. The summed E-state index contributed by atoms with van der Waals surface area (Å²) in [5.74, 6) is 1.56. The van der Waals surface area contributed by atoms with Gasteiger partial charge in [-0.15, -0.1) is 0 Å².